The first-order valence-corrected chi connectivity index (χ1v) is 13.2. The maximum absolute atomic E-state index is 16.0. The van der Waals surface area contributed by atoms with Crippen LogP contribution in [0.1, 0.15) is 105 Å². The second-order valence-corrected chi connectivity index (χ2v) is 12.1. The average molecular weight is 460 g/mol. The number of nitrogens with one attached hydrogen (secondary N) is 1. The van der Waals surface area contributed by atoms with E-state index in [4.69, 9.17) is 0 Å². The maximum Gasteiger partial charge on any atom is 0.183 e. The number of hydrogen-bond donors (Lipinski definition) is 2. The summed E-state index contributed by atoms with van der Waals surface area (Å²) < 4.78 is 16.0. The molecule has 33 heavy (non-hydrogen) atoms. The van der Waals surface area contributed by atoms with Crippen molar-refractivity contribution >= 4 is 0 Å². The van der Waals surface area contributed by atoms with E-state index in [0.29, 0.717) is 31.1 Å². The number of aryl methyl sites for hydroxylation is 1. The summed E-state index contributed by atoms with van der Waals surface area (Å²) in [5, 5.41) is 13.8. The van der Waals surface area contributed by atoms with Gasteiger partial charge in [-0.05, 0) is 80.2 Å². The summed E-state index contributed by atoms with van der Waals surface area (Å²) in [4.78, 5) is 0. The zero-order valence-electron chi connectivity index (χ0n) is 22.6. The van der Waals surface area contributed by atoms with Crippen molar-refractivity contribution in [1.82, 2.24) is 5.32 Å². The Balaban J connectivity index is 2.10. The molecule has 0 amide bonds. The first kappa shape index (κ1) is 27.7. The molecule has 0 saturated heterocycles. The third-order valence-electron chi connectivity index (χ3n) is 8.72. The van der Waals surface area contributed by atoms with Crippen LogP contribution in [0.5, 0.6) is 0 Å². The molecule has 1 saturated carbocycles. The Kier molecular flexibility index (Phi) is 9.48. The Labute approximate surface area is 203 Å². The molecule has 0 radical (unpaired) electrons. The lowest BCUT2D eigenvalue weighted by Gasteiger charge is -2.44. The molecule has 2 N–H and O–H groups in total. The van der Waals surface area contributed by atoms with Crippen LogP contribution in [0.3, 0.4) is 0 Å². The van der Waals surface area contributed by atoms with Crippen molar-refractivity contribution in [3.8, 4) is 0 Å². The SMILES string of the molecule is CCCC(C)C1CC(C)CC(C)(C/C(O)=C/N[C@](C)(F)C(C)(CC)Cc2ccccc2C)C1. The van der Waals surface area contributed by atoms with Gasteiger partial charge in [-0.3, -0.25) is 0 Å². The Hall–Kier alpha value is -1.51. The summed E-state index contributed by atoms with van der Waals surface area (Å²) in [5.74, 6) is 0.728. The van der Waals surface area contributed by atoms with E-state index < -0.39 is 11.2 Å². The number of alkyl halides is 1. The first-order valence-electron chi connectivity index (χ1n) is 13.2. The Morgan fingerprint density at radius 2 is 1.94 bits per heavy atom. The quantitative estimate of drug-likeness (QED) is 0.256. The molecule has 0 aliphatic heterocycles. The zero-order chi connectivity index (χ0) is 24.9. The van der Waals surface area contributed by atoms with Gasteiger partial charge in [0.05, 0.1) is 0 Å². The second-order valence-electron chi connectivity index (χ2n) is 12.1. The van der Waals surface area contributed by atoms with Gasteiger partial charge in [-0.2, -0.15) is 0 Å². The predicted molar refractivity (Wildman–Crippen MR) is 140 cm³/mol. The van der Waals surface area contributed by atoms with E-state index in [1.807, 2.05) is 26.0 Å². The number of aliphatic hydroxyl groups is 1. The predicted octanol–water partition coefficient (Wildman–Crippen LogP) is 8.90. The van der Waals surface area contributed by atoms with Crippen LogP contribution in [-0.2, 0) is 6.42 Å². The van der Waals surface area contributed by atoms with E-state index in [1.54, 1.807) is 13.1 Å². The molecule has 0 heterocycles. The Bertz CT molecular complexity index is 787. The van der Waals surface area contributed by atoms with Crippen LogP contribution < -0.4 is 5.32 Å². The molecule has 5 unspecified atom stereocenters. The van der Waals surface area contributed by atoms with Crippen LogP contribution in [0.2, 0.25) is 0 Å². The van der Waals surface area contributed by atoms with Crippen molar-refractivity contribution in [3.05, 3.63) is 47.4 Å². The minimum atomic E-state index is -1.64. The summed E-state index contributed by atoms with van der Waals surface area (Å²) in [6.07, 6.45) is 9.54. The molecule has 1 fully saturated rings. The van der Waals surface area contributed by atoms with Gasteiger partial charge >= 0.3 is 0 Å². The van der Waals surface area contributed by atoms with Gasteiger partial charge in [0.25, 0.3) is 0 Å². The van der Waals surface area contributed by atoms with Crippen LogP contribution >= 0.6 is 0 Å². The largest absolute Gasteiger partial charge is 0.511 e. The molecular weight excluding hydrogens is 409 g/mol. The van der Waals surface area contributed by atoms with Crippen LogP contribution in [0.25, 0.3) is 0 Å². The number of allylic oxidation sites excluding steroid dienone is 1. The fourth-order valence-electron chi connectivity index (χ4n) is 6.24. The van der Waals surface area contributed by atoms with E-state index in [0.717, 1.165) is 18.8 Å². The number of hydrogen-bond acceptors (Lipinski definition) is 2. The summed E-state index contributed by atoms with van der Waals surface area (Å²) in [7, 11) is 0. The molecule has 2 nitrogen and oxygen atoms in total. The highest BCUT2D eigenvalue weighted by Gasteiger charge is 2.44. The van der Waals surface area contributed by atoms with Crippen molar-refractivity contribution < 1.29 is 9.50 Å². The molecule has 0 spiro atoms. The van der Waals surface area contributed by atoms with E-state index in [-0.39, 0.29) is 11.2 Å². The zero-order valence-corrected chi connectivity index (χ0v) is 22.6. The van der Waals surface area contributed by atoms with Gasteiger partial charge in [0.2, 0.25) is 0 Å². The third kappa shape index (κ3) is 7.23. The minimum Gasteiger partial charge on any atom is -0.511 e. The fraction of sp³-hybridized carbons (Fsp3) is 0.733. The van der Waals surface area contributed by atoms with E-state index in [2.05, 4.69) is 52.1 Å². The van der Waals surface area contributed by atoms with Gasteiger partial charge in [0.15, 0.2) is 5.79 Å². The van der Waals surface area contributed by atoms with Crippen molar-refractivity contribution in [1.29, 1.82) is 0 Å². The molecule has 1 aromatic rings. The topological polar surface area (TPSA) is 32.3 Å². The van der Waals surface area contributed by atoms with Crippen molar-refractivity contribution in [3.63, 3.8) is 0 Å². The van der Waals surface area contributed by atoms with Gasteiger partial charge < -0.3 is 10.4 Å². The average Bonchev–Trinajstić information content (AvgIpc) is 2.73. The van der Waals surface area contributed by atoms with Crippen molar-refractivity contribution in [2.75, 3.05) is 0 Å². The number of halogens is 1. The molecule has 1 aromatic carbocycles. The first-order chi connectivity index (χ1) is 15.3. The van der Waals surface area contributed by atoms with Crippen LogP contribution in [0.4, 0.5) is 4.39 Å². The van der Waals surface area contributed by atoms with E-state index >= 15 is 4.39 Å². The van der Waals surface area contributed by atoms with E-state index in [1.165, 1.54) is 30.4 Å². The lowest BCUT2D eigenvalue weighted by molar-refractivity contribution is -0.00467. The standard InChI is InChI=1S/C30H50FNO/c1-9-13-23(4)26-16-22(3)17-28(6,18-26)20-27(33)21-32-30(8,31)29(7,10-2)19-25-15-12-11-14-24(25)5/h11-12,14-15,21-23,26,32-33H,9-10,13,16-20H2,1-8H3/b27-21-/t22?,23?,26?,28?,29?,30-/m0/s1. The second kappa shape index (κ2) is 11.3. The molecular formula is C30H50FNO. The van der Waals surface area contributed by atoms with Gasteiger partial charge in [-0.15, -0.1) is 0 Å². The lowest BCUT2D eigenvalue weighted by Crippen LogP contribution is -2.50. The monoisotopic (exact) mass is 459 g/mol. The van der Waals surface area contributed by atoms with E-state index in [9.17, 15) is 5.11 Å². The molecule has 6 atom stereocenters. The summed E-state index contributed by atoms with van der Waals surface area (Å²) in [5.41, 5.74) is 1.84. The smallest absolute Gasteiger partial charge is 0.183 e. The molecule has 3 heteroatoms. The maximum atomic E-state index is 16.0. The summed E-state index contributed by atoms with van der Waals surface area (Å²) in [6.45, 7) is 17.1. The van der Waals surface area contributed by atoms with Crippen molar-refractivity contribution in [2.24, 2.45) is 28.6 Å². The highest BCUT2D eigenvalue weighted by Crippen LogP contribution is 2.48. The highest BCUT2D eigenvalue weighted by molar-refractivity contribution is 5.27. The van der Waals surface area contributed by atoms with Gasteiger partial charge in [0.1, 0.15) is 5.76 Å². The third-order valence-corrected chi connectivity index (χ3v) is 8.72. The highest BCUT2D eigenvalue weighted by atomic mass is 19.1. The Morgan fingerprint density at radius 1 is 1.27 bits per heavy atom. The molecule has 188 valence electrons. The van der Waals surface area contributed by atoms with Gasteiger partial charge in [0, 0.05) is 18.0 Å². The lowest BCUT2D eigenvalue weighted by atomic mass is 9.62. The fourth-order valence-corrected chi connectivity index (χ4v) is 6.24. The minimum absolute atomic E-state index is 0.0640. The number of aliphatic hydroxyl groups excluding tert-OH is 1. The van der Waals surface area contributed by atoms with Crippen LogP contribution in [0.15, 0.2) is 36.2 Å². The molecule has 0 aromatic heterocycles. The number of rotatable bonds is 11. The normalized spacial score (nSPS) is 28.6. The number of benzene rings is 1. The van der Waals surface area contributed by atoms with Crippen LogP contribution in [-0.4, -0.2) is 10.9 Å². The molecule has 1 aliphatic rings. The van der Waals surface area contributed by atoms with Gasteiger partial charge in [-0.25, -0.2) is 4.39 Å². The molecule has 2 rings (SSSR count). The molecule has 0 bridgehead atoms. The van der Waals surface area contributed by atoms with Crippen LogP contribution in [0, 0.1) is 35.5 Å². The van der Waals surface area contributed by atoms with Crippen molar-refractivity contribution in [2.45, 2.75) is 113 Å². The molecule has 1 aliphatic carbocycles. The summed E-state index contributed by atoms with van der Waals surface area (Å²) in [6, 6.07) is 8.22. The van der Waals surface area contributed by atoms with Gasteiger partial charge in [-0.1, -0.05) is 78.6 Å². The Morgan fingerprint density at radius 3 is 2.55 bits per heavy atom. The summed E-state index contributed by atoms with van der Waals surface area (Å²) >= 11 is 0.